The quantitative estimate of drug-likeness (QED) is 0.785. The summed E-state index contributed by atoms with van der Waals surface area (Å²) in [6, 6.07) is 1.40. The highest BCUT2D eigenvalue weighted by molar-refractivity contribution is 4.86. The van der Waals surface area contributed by atoms with E-state index in [1.807, 2.05) is 0 Å². The molecule has 2 nitrogen and oxygen atoms in total. The lowest BCUT2D eigenvalue weighted by Gasteiger charge is -2.40. The van der Waals surface area contributed by atoms with Crippen LogP contribution in [0.4, 0.5) is 0 Å². The molecule has 114 valence electrons. The van der Waals surface area contributed by atoms with Gasteiger partial charge in [-0.1, -0.05) is 47.5 Å². The van der Waals surface area contributed by atoms with Gasteiger partial charge in [0.05, 0.1) is 0 Å². The van der Waals surface area contributed by atoms with E-state index in [2.05, 4.69) is 51.9 Å². The van der Waals surface area contributed by atoms with Crippen molar-refractivity contribution in [1.29, 1.82) is 0 Å². The topological polar surface area (TPSA) is 15.3 Å². The molecule has 1 aliphatic carbocycles. The maximum absolute atomic E-state index is 3.75. The molecular weight excluding hydrogens is 232 g/mol. The number of nitrogens with one attached hydrogen (secondary N) is 1. The van der Waals surface area contributed by atoms with Crippen LogP contribution in [-0.4, -0.2) is 37.1 Å². The lowest BCUT2D eigenvalue weighted by atomic mass is 9.83. The van der Waals surface area contributed by atoms with E-state index in [1.165, 1.54) is 38.6 Å². The molecule has 0 bridgehead atoms. The van der Waals surface area contributed by atoms with Crippen molar-refractivity contribution in [3.8, 4) is 0 Å². The predicted octanol–water partition coefficient (Wildman–Crippen LogP) is 3.91. The van der Waals surface area contributed by atoms with Crippen LogP contribution in [0, 0.1) is 11.3 Å². The molecule has 3 unspecified atom stereocenters. The third-order valence-electron chi connectivity index (χ3n) is 4.69. The van der Waals surface area contributed by atoms with Gasteiger partial charge in [-0.15, -0.1) is 0 Å². The Kier molecular flexibility index (Phi) is 6.82. The largest absolute Gasteiger partial charge is 0.312 e. The van der Waals surface area contributed by atoms with Crippen LogP contribution in [0.15, 0.2) is 0 Å². The van der Waals surface area contributed by atoms with Crippen molar-refractivity contribution in [3.05, 3.63) is 0 Å². The zero-order valence-electron chi connectivity index (χ0n) is 14.1. The van der Waals surface area contributed by atoms with Crippen LogP contribution in [0.2, 0.25) is 0 Å². The molecule has 0 aromatic rings. The number of likely N-dealkylation sites (N-methyl/N-ethyl adjacent to an activating group) is 1. The van der Waals surface area contributed by atoms with Gasteiger partial charge in [-0.25, -0.2) is 0 Å². The average molecular weight is 268 g/mol. The Morgan fingerprint density at radius 1 is 1.26 bits per heavy atom. The summed E-state index contributed by atoms with van der Waals surface area (Å²) in [6.45, 7) is 14.1. The van der Waals surface area contributed by atoms with Crippen LogP contribution in [0.1, 0.15) is 66.7 Å². The second-order valence-electron chi connectivity index (χ2n) is 7.74. The first-order chi connectivity index (χ1) is 8.84. The van der Waals surface area contributed by atoms with E-state index >= 15 is 0 Å². The van der Waals surface area contributed by atoms with Crippen LogP contribution in [0.25, 0.3) is 0 Å². The van der Waals surface area contributed by atoms with Gasteiger partial charge in [-0.2, -0.15) is 0 Å². The van der Waals surface area contributed by atoms with Gasteiger partial charge in [0.2, 0.25) is 0 Å². The summed E-state index contributed by atoms with van der Waals surface area (Å²) in [5, 5.41) is 3.75. The van der Waals surface area contributed by atoms with Gasteiger partial charge in [0.15, 0.2) is 0 Å². The number of hydrogen-bond donors (Lipinski definition) is 1. The highest BCUT2D eigenvalue weighted by Crippen LogP contribution is 2.28. The Morgan fingerprint density at radius 3 is 2.47 bits per heavy atom. The second-order valence-corrected chi connectivity index (χ2v) is 7.74. The van der Waals surface area contributed by atoms with E-state index in [4.69, 9.17) is 0 Å². The molecule has 19 heavy (non-hydrogen) atoms. The fourth-order valence-corrected chi connectivity index (χ4v) is 3.20. The minimum atomic E-state index is 0.337. The first kappa shape index (κ1) is 17.0. The Balaban J connectivity index is 2.52. The first-order valence-corrected chi connectivity index (χ1v) is 8.28. The van der Waals surface area contributed by atoms with Crippen LogP contribution < -0.4 is 5.32 Å². The highest BCUT2D eigenvalue weighted by atomic mass is 15.2. The Labute approximate surface area is 121 Å². The molecule has 0 saturated heterocycles. The van der Waals surface area contributed by atoms with Gasteiger partial charge in [0.25, 0.3) is 0 Å². The van der Waals surface area contributed by atoms with Crippen molar-refractivity contribution >= 4 is 0 Å². The monoisotopic (exact) mass is 268 g/mol. The van der Waals surface area contributed by atoms with E-state index < -0.39 is 0 Å². The van der Waals surface area contributed by atoms with Crippen LogP contribution in [0.5, 0.6) is 0 Å². The number of rotatable bonds is 6. The molecule has 3 atom stereocenters. The van der Waals surface area contributed by atoms with Crippen LogP contribution >= 0.6 is 0 Å². The summed E-state index contributed by atoms with van der Waals surface area (Å²) in [5.41, 5.74) is 0.337. The summed E-state index contributed by atoms with van der Waals surface area (Å²) in [4.78, 5) is 2.62. The van der Waals surface area contributed by atoms with Crippen molar-refractivity contribution in [2.45, 2.75) is 78.8 Å². The van der Waals surface area contributed by atoms with Crippen molar-refractivity contribution in [1.82, 2.24) is 10.2 Å². The summed E-state index contributed by atoms with van der Waals surface area (Å²) < 4.78 is 0. The van der Waals surface area contributed by atoms with Crippen LogP contribution in [0.3, 0.4) is 0 Å². The fraction of sp³-hybridized carbons (Fsp3) is 1.00. The number of nitrogens with zero attached hydrogens (tertiary/aromatic N) is 1. The molecule has 0 amide bonds. The van der Waals surface area contributed by atoms with Gasteiger partial charge >= 0.3 is 0 Å². The maximum Gasteiger partial charge on any atom is 0.0243 e. The normalized spacial score (nSPS) is 26.7. The molecule has 1 fully saturated rings. The minimum Gasteiger partial charge on any atom is -0.312 e. The SMILES string of the molecule is CCCNC(CN(C)C1CCCC(C)C1)C(C)(C)C. The van der Waals surface area contributed by atoms with Crippen molar-refractivity contribution < 1.29 is 0 Å². The summed E-state index contributed by atoms with van der Waals surface area (Å²) in [7, 11) is 2.33. The standard InChI is InChI=1S/C17H36N2/c1-7-11-18-16(17(3,4)5)13-19(6)15-10-8-9-14(2)12-15/h14-16,18H,7-13H2,1-6H3. The molecule has 1 aliphatic rings. The maximum atomic E-state index is 3.75. The molecule has 0 aromatic heterocycles. The van der Waals surface area contributed by atoms with Gasteiger partial charge in [-0.05, 0) is 44.2 Å². The molecule has 0 aromatic carbocycles. The van der Waals surface area contributed by atoms with E-state index in [0.717, 1.165) is 18.5 Å². The lowest BCUT2D eigenvalue weighted by Crippen LogP contribution is -2.50. The molecule has 1 saturated carbocycles. The lowest BCUT2D eigenvalue weighted by molar-refractivity contribution is 0.121. The second kappa shape index (κ2) is 7.64. The van der Waals surface area contributed by atoms with Gasteiger partial charge in [-0.3, -0.25) is 0 Å². The zero-order chi connectivity index (χ0) is 14.5. The van der Waals surface area contributed by atoms with E-state index in [-0.39, 0.29) is 0 Å². The third kappa shape index (κ3) is 5.83. The van der Waals surface area contributed by atoms with Crippen molar-refractivity contribution in [3.63, 3.8) is 0 Å². The molecule has 1 N–H and O–H groups in total. The molecule has 0 spiro atoms. The van der Waals surface area contributed by atoms with Crippen molar-refractivity contribution in [2.75, 3.05) is 20.1 Å². The molecule has 1 rings (SSSR count). The van der Waals surface area contributed by atoms with E-state index in [1.54, 1.807) is 0 Å². The first-order valence-electron chi connectivity index (χ1n) is 8.28. The average Bonchev–Trinajstić information content (AvgIpc) is 2.32. The number of hydrogen-bond acceptors (Lipinski definition) is 2. The fourth-order valence-electron chi connectivity index (χ4n) is 3.20. The Hall–Kier alpha value is -0.0800. The van der Waals surface area contributed by atoms with Gasteiger partial charge in [0.1, 0.15) is 0 Å². The molecule has 0 heterocycles. The highest BCUT2D eigenvalue weighted by Gasteiger charge is 2.29. The predicted molar refractivity (Wildman–Crippen MR) is 85.6 cm³/mol. The zero-order valence-corrected chi connectivity index (χ0v) is 14.1. The minimum absolute atomic E-state index is 0.337. The molecular formula is C17H36N2. The summed E-state index contributed by atoms with van der Waals surface area (Å²) in [5.74, 6) is 0.915. The Bertz CT molecular complexity index is 244. The van der Waals surface area contributed by atoms with Gasteiger partial charge in [0, 0.05) is 18.6 Å². The molecule has 2 heteroatoms. The van der Waals surface area contributed by atoms with Crippen LogP contribution in [-0.2, 0) is 0 Å². The smallest absolute Gasteiger partial charge is 0.0243 e. The Morgan fingerprint density at radius 2 is 1.95 bits per heavy atom. The summed E-state index contributed by atoms with van der Waals surface area (Å²) >= 11 is 0. The van der Waals surface area contributed by atoms with Crippen molar-refractivity contribution in [2.24, 2.45) is 11.3 Å². The third-order valence-corrected chi connectivity index (χ3v) is 4.69. The van der Waals surface area contributed by atoms with E-state index in [9.17, 15) is 0 Å². The molecule has 0 radical (unpaired) electrons. The summed E-state index contributed by atoms with van der Waals surface area (Å²) in [6.07, 6.45) is 6.85. The van der Waals surface area contributed by atoms with Gasteiger partial charge < -0.3 is 10.2 Å². The van der Waals surface area contributed by atoms with E-state index in [0.29, 0.717) is 11.5 Å². The molecule has 0 aliphatic heterocycles.